The highest BCUT2D eigenvalue weighted by Crippen LogP contribution is 2.13. The number of guanidine groups is 1. The lowest BCUT2D eigenvalue weighted by Crippen LogP contribution is -2.39. The molecule has 138 valence electrons. The van der Waals surface area contributed by atoms with Gasteiger partial charge in [-0.25, -0.2) is 0 Å². The number of methoxy groups -OCH3 is 1. The van der Waals surface area contributed by atoms with E-state index in [1.165, 1.54) is 11.3 Å². The third kappa shape index (κ3) is 6.61. The van der Waals surface area contributed by atoms with Gasteiger partial charge in [-0.3, -0.25) is 4.99 Å². The van der Waals surface area contributed by atoms with E-state index in [-0.39, 0.29) is 24.0 Å². The van der Waals surface area contributed by atoms with E-state index in [1.807, 2.05) is 12.1 Å². The Kier molecular flexibility index (Phi) is 9.41. The highest BCUT2D eigenvalue weighted by atomic mass is 127. The molecule has 0 aliphatic rings. The third-order valence-electron chi connectivity index (χ3n) is 3.94. The number of hydrogen-bond acceptors (Lipinski definition) is 2. The fraction of sp³-hybridized carbons (Fsp3) is 0.421. The van der Waals surface area contributed by atoms with Gasteiger partial charge in [-0.15, -0.1) is 24.0 Å². The van der Waals surface area contributed by atoms with Crippen LogP contribution in [0.3, 0.4) is 0 Å². The van der Waals surface area contributed by atoms with Crippen molar-refractivity contribution in [3.63, 3.8) is 0 Å². The molecule has 2 aromatic rings. The number of aryl methyl sites for hydroxylation is 1. The molecule has 2 rings (SSSR count). The Morgan fingerprint density at radius 1 is 1.28 bits per heavy atom. The zero-order valence-corrected chi connectivity index (χ0v) is 17.9. The van der Waals surface area contributed by atoms with Gasteiger partial charge in [0.25, 0.3) is 0 Å². The second-order valence-corrected chi connectivity index (χ2v) is 5.80. The second-order valence-electron chi connectivity index (χ2n) is 5.80. The molecule has 0 fully saturated rings. The number of benzene rings is 1. The van der Waals surface area contributed by atoms with Crippen LogP contribution in [0.2, 0.25) is 0 Å². The Balaban J connectivity index is 0.00000312. The SMILES string of the molecule is CCNC(=NCCc1cccc(OC)c1)N(C)Cc1cccn1C.I. The summed E-state index contributed by atoms with van der Waals surface area (Å²) in [6.07, 6.45) is 2.96. The van der Waals surface area contributed by atoms with Gasteiger partial charge >= 0.3 is 0 Å². The predicted octanol–water partition coefficient (Wildman–Crippen LogP) is 3.29. The number of rotatable bonds is 7. The van der Waals surface area contributed by atoms with Crippen LogP contribution in [0.25, 0.3) is 0 Å². The zero-order valence-electron chi connectivity index (χ0n) is 15.5. The van der Waals surface area contributed by atoms with Crippen LogP contribution in [0.1, 0.15) is 18.2 Å². The summed E-state index contributed by atoms with van der Waals surface area (Å²) in [6.45, 7) is 4.52. The largest absolute Gasteiger partial charge is 0.497 e. The van der Waals surface area contributed by atoms with Crippen molar-refractivity contribution in [2.24, 2.45) is 12.0 Å². The highest BCUT2D eigenvalue weighted by Gasteiger charge is 2.08. The summed E-state index contributed by atoms with van der Waals surface area (Å²) < 4.78 is 7.41. The van der Waals surface area contributed by atoms with Gasteiger partial charge in [-0.05, 0) is 43.2 Å². The van der Waals surface area contributed by atoms with Crippen LogP contribution in [0, 0.1) is 0 Å². The number of nitrogens with zero attached hydrogens (tertiary/aromatic N) is 3. The first-order chi connectivity index (χ1) is 11.6. The van der Waals surface area contributed by atoms with Gasteiger partial charge in [0, 0.05) is 39.1 Å². The summed E-state index contributed by atoms with van der Waals surface area (Å²) in [6, 6.07) is 12.4. The molecule has 5 nitrogen and oxygen atoms in total. The van der Waals surface area contributed by atoms with Crippen molar-refractivity contribution < 1.29 is 4.74 Å². The summed E-state index contributed by atoms with van der Waals surface area (Å²) in [5, 5.41) is 3.37. The Morgan fingerprint density at radius 2 is 2.08 bits per heavy atom. The minimum Gasteiger partial charge on any atom is -0.497 e. The first kappa shape index (κ1) is 21.3. The summed E-state index contributed by atoms with van der Waals surface area (Å²) in [7, 11) is 5.83. The quantitative estimate of drug-likeness (QED) is 0.395. The molecular weight excluding hydrogens is 427 g/mol. The number of aliphatic imine (C=N–C) groups is 1. The minimum absolute atomic E-state index is 0. The van der Waals surface area contributed by atoms with Gasteiger partial charge in [0.2, 0.25) is 0 Å². The second kappa shape index (κ2) is 11.0. The van der Waals surface area contributed by atoms with Crippen LogP contribution >= 0.6 is 24.0 Å². The lowest BCUT2D eigenvalue weighted by molar-refractivity contribution is 0.414. The van der Waals surface area contributed by atoms with E-state index in [0.717, 1.165) is 37.8 Å². The fourth-order valence-corrected chi connectivity index (χ4v) is 2.57. The van der Waals surface area contributed by atoms with E-state index in [2.05, 4.69) is 66.3 Å². The molecule has 0 atom stereocenters. The Bertz CT molecular complexity index is 669. The summed E-state index contributed by atoms with van der Waals surface area (Å²) in [4.78, 5) is 6.91. The van der Waals surface area contributed by atoms with Crippen LogP contribution in [-0.4, -0.2) is 42.7 Å². The summed E-state index contributed by atoms with van der Waals surface area (Å²) in [5.41, 5.74) is 2.50. The smallest absolute Gasteiger partial charge is 0.194 e. The van der Waals surface area contributed by atoms with E-state index in [1.54, 1.807) is 7.11 Å². The minimum atomic E-state index is 0. The lowest BCUT2D eigenvalue weighted by atomic mass is 10.1. The Hall–Kier alpha value is -1.70. The van der Waals surface area contributed by atoms with Gasteiger partial charge < -0.3 is 19.5 Å². The average Bonchev–Trinajstić information content (AvgIpc) is 2.99. The molecule has 25 heavy (non-hydrogen) atoms. The fourth-order valence-electron chi connectivity index (χ4n) is 2.57. The third-order valence-corrected chi connectivity index (χ3v) is 3.94. The molecule has 0 unspecified atom stereocenters. The van der Waals surface area contributed by atoms with Crippen LogP contribution in [-0.2, 0) is 20.0 Å². The molecule has 0 bridgehead atoms. The molecule has 0 amide bonds. The monoisotopic (exact) mass is 456 g/mol. The molecular formula is C19H29IN4O. The van der Waals surface area contributed by atoms with Crippen LogP contribution < -0.4 is 10.1 Å². The maximum Gasteiger partial charge on any atom is 0.194 e. The van der Waals surface area contributed by atoms with Gasteiger partial charge in [-0.2, -0.15) is 0 Å². The van der Waals surface area contributed by atoms with Gasteiger partial charge in [0.05, 0.1) is 13.7 Å². The Labute approximate surface area is 168 Å². The van der Waals surface area contributed by atoms with Crippen molar-refractivity contribution in [1.82, 2.24) is 14.8 Å². The van der Waals surface area contributed by atoms with Crippen molar-refractivity contribution in [2.75, 3.05) is 27.2 Å². The Morgan fingerprint density at radius 3 is 2.72 bits per heavy atom. The predicted molar refractivity (Wildman–Crippen MR) is 115 cm³/mol. The van der Waals surface area contributed by atoms with Crippen LogP contribution in [0.15, 0.2) is 47.6 Å². The van der Waals surface area contributed by atoms with Gasteiger partial charge in [-0.1, -0.05) is 12.1 Å². The molecule has 1 aromatic carbocycles. The maximum atomic E-state index is 5.27. The highest BCUT2D eigenvalue weighted by molar-refractivity contribution is 14.0. The standard InChI is InChI=1S/C19H28N4O.HI/c1-5-20-19(23(3)15-17-9-7-13-22(17)2)21-12-11-16-8-6-10-18(14-16)24-4;/h6-10,13-14H,5,11-12,15H2,1-4H3,(H,20,21);1H. The topological polar surface area (TPSA) is 41.8 Å². The maximum absolute atomic E-state index is 5.27. The molecule has 0 saturated carbocycles. The molecule has 0 aliphatic carbocycles. The summed E-state index contributed by atoms with van der Waals surface area (Å²) >= 11 is 0. The number of hydrogen-bond donors (Lipinski definition) is 1. The molecule has 6 heteroatoms. The van der Waals surface area contributed by atoms with E-state index in [9.17, 15) is 0 Å². The number of aromatic nitrogens is 1. The van der Waals surface area contributed by atoms with Crippen molar-refractivity contribution >= 4 is 29.9 Å². The number of halogens is 1. The summed E-state index contributed by atoms with van der Waals surface area (Å²) in [5.74, 6) is 1.82. The van der Waals surface area contributed by atoms with Crippen molar-refractivity contribution in [3.8, 4) is 5.75 Å². The molecule has 1 N–H and O–H groups in total. The normalized spacial score (nSPS) is 11.0. The lowest BCUT2D eigenvalue weighted by Gasteiger charge is -2.22. The number of ether oxygens (including phenoxy) is 1. The van der Waals surface area contributed by atoms with Crippen LogP contribution in [0.5, 0.6) is 5.75 Å². The molecule has 0 saturated heterocycles. The molecule has 0 spiro atoms. The average molecular weight is 456 g/mol. The van der Waals surface area contributed by atoms with Gasteiger partial charge in [0.1, 0.15) is 5.75 Å². The van der Waals surface area contributed by atoms with Gasteiger partial charge in [0.15, 0.2) is 5.96 Å². The molecule has 0 aliphatic heterocycles. The van der Waals surface area contributed by atoms with Crippen molar-refractivity contribution in [2.45, 2.75) is 19.9 Å². The molecule has 1 heterocycles. The first-order valence-electron chi connectivity index (χ1n) is 8.36. The van der Waals surface area contributed by atoms with E-state index in [4.69, 9.17) is 9.73 Å². The first-order valence-corrected chi connectivity index (χ1v) is 8.36. The zero-order chi connectivity index (χ0) is 17.4. The van der Waals surface area contributed by atoms with Crippen molar-refractivity contribution in [3.05, 3.63) is 53.9 Å². The molecule has 0 radical (unpaired) electrons. The molecule has 1 aromatic heterocycles. The van der Waals surface area contributed by atoms with E-state index < -0.39 is 0 Å². The number of nitrogens with one attached hydrogen (secondary N) is 1. The van der Waals surface area contributed by atoms with E-state index in [0.29, 0.717) is 0 Å². The van der Waals surface area contributed by atoms with Crippen molar-refractivity contribution in [1.29, 1.82) is 0 Å². The van der Waals surface area contributed by atoms with Crippen LogP contribution in [0.4, 0.5) is 0 Å². The van der Waals surface area contributed by atoms with E-state index >= 15 is 0 Å².